The van der Waals surface area contributed by atoms with Gasteiger partial charge < -0.3 is 20.9 Å². The molecule has 1 aromatic carbocycles. The molecule has 0 amide bonds. The van der Waals surface area contributed by atoms with E-state index in [0.29, 0.717) is 27.6 Å². The van der Waals surface area contributed by atoms with Crippen molar-refractivity contribution in [3.05, 3.63) is 44.5 Å². The molecule has 2 aromatic heterocycles. The molecule has 13 unspecified atom stereocenters. The Labute approximate surface area is 492 Å². The number of allylic oxidation sites excluding steroid dienone is 1. The van der Waals surface area contributed by atoms with Crippen LogP contribution in [0.1, 0.15) is 214 Å². The number of rotatable bonds is 30. The summed E-state index contributed by atoms with van der Waals surface area (Å²) in [5, 5.41) is 3.18. The summed E-state index contributed by atoms with van der Waals surface area (Å²) in [5.74, 6) is 4.27. The van der Waals surface area contributed by atoms with Gasteiger partial charge in [0.05, 0.1) is 16.4 Å². The van der Waals surface area contributed by atoms with Gasteiger partial charge in [-0.25, -0.2) is 0 Å². The van der Waals surface area contributed by atoms with Crippen LogP contribution in [0, 0.1) is 23.2 Å². The molecule has 0 radical (unpaired) electrons. The van der Waals surface area contributed by atoms with Crippen LogP contribution in [0.2, 0.25) is 0 Å². The summed E-state index contributed by atoms with van der Waals surface area (Å²) in [6.45, 7) is 32.3. The number of hydrogen-bond donors (Lipinski definition) is 2. The van der Waals surface area contributed by atoms with Gasteiger partial charge in [-0.15, -0.1) is 93.2 Å². The number of ether oxygens (including phenoxy) is 2. The van der Waals surface area contributed by atoms with Gasteiger partial charge in [-0.3, -0.25) is 0 Å². The predicted octanol–water partition coefficient (Wildman–Crippen LogP) is 20.1. The van der Waals surface area contributed by atoms with Crippen LogP contribution >= 0.6 is 93.2 Å². The van der Waals surface area contributed by atoms with E-state index in [0.717, 1.165) is 38.4 Å². The van der Waals surface area contributed by atoms with E-state index in [-0.39, 0.29) is 50.9 Å². The Morgan fingerprint density at radius 3 is 2.05 bits per heavy atom. The van der Waals surface area contributed by atoms with Crippen molar-refractivity contribution < 1.29 is 9.47 Å². The number of fused-ring (bicyclic) bond motifs is 2. The summed E-state index contributed by atoms with van der Waals surface area (Å²) in [4.78, 5) is 4.48. The third-order valence-electron chi connectivity index (χ3n) is 16.6. The van der Waals surface area contributed by atoms with Crippen molar-refractivity contribution in [1.82, 2.24) is 0 Å². The van der Waals surface area contributed by atoms with Crippen LogP contribution in [0.3, 0.4) is 0 Å². The SMILES string of the molecule is CCCCCCSC1=CCC(c2c3c(c(-c4ccc(SCC(CC)CCCC)s4)c4cc(C(C)(C)C)sc24)SC(C2SC(C4SC(C(C)(C)C)C(N)C4OCC(C)CCCC)C(OCC(CC)CCCC)C2N)C3)S1. The van der Waals surface area contributed by atoms with E-state index in [4.69, 9.17) is 20.9 Å². The summed E-state index contributed by atoms with van der Waals surface area (Å²) < 4.78 is 19.1. The number of unbranched alkanes of at least 4 members (excludes halogenated alkanes) is 6. The zero-order valence-corrected chi connectivity index (χ0v) is 55.4. The van der Waals surface area contributed by atoms with E-state index < -0.39 is 0 Å². The smallest absolute Gasteiger partial charge is 0.0867 e. The molecule has 0 bridgehead atoms. The van der Waals surface area contributed by atoms with Gasteiger partial charge in [0.2, 0.25) is 0 Å². The Morgan fingerprint density at radius 2 is 1.37 bits per heavy atom. The highest BCUT2D eigenvalue weighted by atomic mass is 32.2. The van der Waals surface area contributed by atoms with Crippen LogP contribution < -0.4 is 11.5 Å². The fraction of sp³-hybridized carbons (Fsp3) is 0.778. The second-order valence-electron chi connectivity index (χ2n) is 25.0. The van der Waals surface area contributed by atoms with Gasteiger partial charge in [0, 0.05) is 97.1 Å². The summed E-state index contributed by atoms with van der Waals surface area (Å²) in [6, 6.07) is 7.44. The van der Waals surface area contributed by atoms with E-state index in [1.807, 2.05) is 0 Å². The first-order valence-corrected chi connectivity index (χ1v) is 37.3. The second kappa shape index (κ2) is 29.7. The molecule has 75 heavy (non-hydrogen) atoms. The molecule has 0 aliphatic carbocycles. The van der Waals surface area contributed by atoms with Crippen molar-refractivity contribution in [2.75, 3.05) is 24.7 Å². The maximum Gasteiger partial charge on any atom is 0.0867 e. The zero-order chi connectivity index (χ0) is 54.0. The Bertz CT molecular complexity index is 2240. The maximum atomic E-state index is 7.90. The lowest BCUT2D eigenvalue weighted by atomic mass is 9.84. The van der Waals surface area contributed by atoms with E-state index in [1.54, 1.807) is 25.0 Å². The van der Waals surface area contributed by atoms with Crippen LogP contribution in [0.25, 0.3) is 20.5 Å². The summed E-state index contributed by atoms with van der Waals surface area (Å²) >= 11 is 17.0. The Balaban J connectivity index is 1.29. The Morgan fingerprint density at radius 1 is 0.707 bits per heavy atom. The number of benzene rings is 1. The Kier molecular flexibility index (Phi) is 25.0. The van der Waals surface area contributed by atoms with Crippen LogP contribution in [0.4, 0.5) is 0 Å². The van der Waals surface area contributed by atoms with Crippen molar-refractivity contribution in [2.24, 2.45) is 34.6 Å². The molecule has 12 heteroatoms. The highest BCUT2D eigenvalue weighted by molar-refractivity contribution is 8.22. The van der Waals surface area contributed by atoms with Gasteiger partial charge in [-0.05, 0) is 102 Å². The largest absolute Gasteiger partial charge is 0.375 e. The minimum atomic E-state index is -0.0900. The molecular formula is C63H102N2O2S8. The van der Waals surface area contributed by atoms with Crippen molar-refractivity contribution in [2.45, 2.75) is 269 Å². The summed E-state index contributed by atoms with van der Waals surface area (Å²) in [6.07, 6.45) is 23.6. The average Bonchev–Trinajstić information content (AvgIpc) is 4.26. The van der Waals surface area contributed by atoms with Crippen molar-refractivity contribution in [1.29, 1.82) is 0 Å². The molecule has 4 N–H and O–H groups in total. The number of nitrogens with two attached hydrogens (primary N) is 2. The normalized spacial score (nSPS) is 27.4. The molecular weight excluding hydrogens is 1070 g/mol. The molecule has 4 aliphatic rings. The average molecular weight is 1180 g/mol. The molecule has 2 fully saturated rings. The van der Waals surface area contributed by atoms with Crippen LogP contribution in [-0.4, -0.2) is 75.3 Å². The monoisotopic (exact) mass is 1170 g/mol. The Hall–Kier alpha value is 0.560. The van der Waals surface area contributed by atoms with Gasteiger partial charge in [-0.1, -0.05) is 167 Å². The molecule has 424 valence electrons. The lowest BCUT2D eigenvalue weighted by molar-refractivity contribution is -0.0114. The quantitative estimate of drug-likeness (QED) is 0.0498. The third kappa shape index (κ3) is 16.0. The first-order chi connectivity index (χ1) is 35.9. The minimum Gasteiger partial charge on any atom is -0.375 e. The molecule has 4 aliphatic heterocycles. The number of thioether (sulfide) groups is 6. The van der Waals surface area contributed by atoms with E-state index in [1.165, 1.54) is 126 Å². The van der Waals surface area contributed by atoms with Gasteiger partial charge in [0.15, 0.2) is 0 Å². The molecule has 0 spiro atoms. The first kappa shape index (κ1) is 63.1. The topological polar surface area (TPSA) is 70.5 Å². The van der Waals surface area contributed by atoms with E-state index in [9.17, 15) is 0 Å². The third-order valence-corrected chi connectivity index (χ3v) is 29.3. The fourth-order valence-corrected chi connectivity index (χ4v) is 24.2. The first-order valence-electron chi connectivity index (χ1n) is 30.0. The van der Waals surface area contributed by atoms with Crippen molar-refractivity contribution in [3.8, 4) is 10.4 Å². The van der Waals surface area contributed by atoms with Crippen LogP contribution in [-0.2, 0) is 21.3 Å². The molecule has 7 rings (SSSR count). The highest BCUT2D eigenvalue weighted by Crippen LogP contribution is 2.62. The van der Waals surface area contributed by atoms with Gasteiger partial charge in [0.25, 0.3) is 0 Å². The standard InChI is InChI=1S/C63H102N2O2S8/c1-14-20-24-25-33-68-48-31-29-44(70-48)50-42-34-46(72-56(42)51(43-35-47(62(8,9)10)73-57(43)50)45-30-32-49(71-45)69-38-41(19-6)28-23-17-4)58-52(64)54(67-37-40(18-5)27-22-16-3)59(74-58)60-55(66-36-39(7)26-21-15-2)53(65)61(75-60)63(11,12)13/h30-32,35,39-41,44,46,52-55,58-61H,14-29,33-34,36-38,64-65H2,1-13H3. The lowest BCUT2D eigenvalue weighted by Gasteiger charge is -2.32. The minimum absolute atomic E-state index is 0.0360. The van der Waals surface area contributed by atoms with Crippen molar-refractivity contribution >= 4 is 103 Å². The molecule has 2 saturated heterocycles. The molecule has 6 heterocycles. The summed E-state index contributed by atoms with van der Waals surface area (Å²) in [7, 11) is 0. The van der Waals surface area contributed by atoms with Gasteiger partial charge in [0.1, 0.15) is 0 Å². The fourth-order valence-electron chi connectivity index (χ4n) is 11.8. The van der Waals surface area contributed by atoms with E-state index in [2.05, 4.69) is 208 Å². The number of hydrogen-bond acceptors (Lipinski definition) is 12. The van der Waals surface area contributed by atoms with Gasteiger partial charge >= 0.3 is 0 Å². The van der Waals surface area contributed by atoms with E-state index >= 15 is 0 Å². The molecule has 3 aromatic rings. The second-order valence-corrected chi connectivity index (χ2v) is 35.1. The molecule has 4 nitrogen and oxygen atoms in total. The molecule has 13 atom stereocenters. The highest BCUT2D eigenvalue weighted by Gasteiger charge is 2.58. The lowest BCUT2D eigenvalue weighted by Crippen LogP contribution is -2.51. The predicted molar refractivity (Wildman–Crippen MR) is 348 cm³/mol. The maximum absolute atomic E-state index is 7.90. The zero-order valence-electron chi connectivity index (χ0n) is 48.9. The van der Waals surface area contributed by atoms with Crippen LogP contribution in [0.15, 0.2) is 37.6 Å². The van der Waals surface area contributed by atoms with Gasteiger partial charge in [-0.2, -0.15) is 0 Å². The van der Waals surface area contributed by atoms with Crippen molar-refractivity contribution in [3.63, 3.8) is 0 Å². The summed E-state index contributed by atoms with van der Waals surface area (Å²) in [5.41, 5.74) is 20.2. The molecule has 0 saturated carbocycles. The number of thiophene rings is 2. The van der Waals surface area contributed by atoms with Crippen LogP contribution in [0.5, 0.6) is 0 Å².